The van der Waals surface area contributed by atoms with Crippen LogP contribution in [0.2, 0.25) is 0 Å². The van der Waals surface area contributed by atoms with E-state index in [0.29, 0.717) is 17.4 Å². The van der Waals surface area contributed by atoms with Crippen LogP contribution < -0.4 is 5.32 Å². The largest absolute Gasteiger partial charge is 0.460 e. The highest BCUT2D eigenvalue weighted by Crippen LogP contribution is 2.09. The predicted octanol–water partition coefficient (Wildman–Crippen LogP) is 1.09. The fourth-order valence-electron chi connectivity index (χ4n) is 1.60. The van der Waals surface area contributed by atoms with Crippen LogP contribution in [0.15, 0.2) is 29.5 Å². The molecule has 0 saturated heterocycles. The molecule has 0 aromatic carbocycles. The number of esters is 1. The van der Waals surface area contributed by atoms with Gasteiger partial charge in [-0.05, 0) is 36.8 Å². The van der Waals surface area contributed by atoms with Crippen molar-refractivity contribution in [2.45, 2.75) is 13.5 Å². The van der Waals surface area contributed by atoms with Gasteiger partial charge in [0.2, 0.25) is 0 Å². The van der Waals surface area contributed by atoms with Gasteiger partial charge >= 0.3 is 5.97 Å². The summed E-state index contributed by atoms with van der Waals surface area (Å²) in [6.07, 6.45) is 3.33. The first-order valence-electron chi connectivity index (χ1n) is 5.55. The van der Waals surface area contributed by atoms with Crippen molar-refractivity contribution in [1.82, 2.24) is 10.3 Å². The highest BCUT2D eigenvalue weighted by molar-refractivity contribution is 7.80. The van der Waals surface area contributed by atoms with E-state index >= 15 is 0 Å². The van der Waals surface area contributed by atoms with Gasteiger partial charge in [-0.15, -0.1) is 0 Å². The predicted molar refractivity (Wildman–Crippen MR) is 71.2 cm³/mol. The number of carbonyl (C=O) groups is 1. The summed E-state index contributed by atoms with van der Waals surface area (Å²) >= 11 is 4.91. The number of rotatable bonds is 3. The molecule has 0 saturated carbocycles. The van der Waals surface area contributed by atoms with Crippen molar-refractivity contribution >= 4 is 29.0 Å². The monoisotopic (exact) mass is 263 g/mol. The summed E-state index contributed by atoms with van der Waals surface area (Å²) < 4.78 is 5.24. The molecule has 1 aliphatic rings. The highest BCUT2D eigenvalue weighted by Gasteiger charge is 2.26. The maximum Gasteiger partial charge on any atom is 0.316 e. The van der Waals surface area contributed by atoms with Gasteiger partial charge in [-0.3, -0.25) is 9.78 Å². The maximum absolute atomic E-state index is 11.9. The molecule has 1 atom stereocenters. The molecule has 18 heavy (non-hydrogen) atoms. The van der Waals surface area contributed by atoms with E-state index in [1.165, 1.54) is 0 Å². The zero-order valence-electron chi connectivity index (χ0n) is 9.92. The molecule has 0 amide bonds. The number of hydrogen-bond acceptors (Lipinski definition) is 4. The topological polar surface area (TPSA) is 63.6 Å². The van der Waals surface area contributed by atoms with Crippen molar-refractivity contribution in [3.05, 3.63) is 30.1 Å². The summed E-state index contributed by atoms with van der Waals surface area (Å²) in [7, 11) is 0. The van der Waals surface area contributed by atoms with E-state index in [1.54, 1.807) is 19.3 Å². The van der Waals surface area contributed by atoms with Gasteiger partial charge < -0.3 is 10.1 Å². The second kappa shape index (κ2) is 5.68. The van der Waals surface area contributed by atoms with Gasteiger partial charge in [0.05, 0.1) is 0 Å². The van der Waals surface area contributed by atoms with Crippen molar-refractivity contribution < 1.29 is 9.53 Å². The molecular weight excluding hydrogens is 250 g/mol. The van der Waals surface area contributed by atoms with Crippen LogP contribution in [0.1, 0.15) is 12.5 Å². The third kappa shape index (κ3) is 3.10. The van der Waals surface area contributed by atoms with Crippen molar-refractivity contribution in [3.63, 3.8) is 0 Å². The lowest BCUT2D eigenvalue weighted by atomic mass is 10.0. The van der Waals surface area contributed by atoms with Crippen LogP contribution in [0.3, 0.4) is 0 Å². The van der Waals surface area contributed by atoms with Gasteiger partial charge in [-0.1, -0.05) is 0 Å². The Morgan fingerprint density at radius 1 is 1.56 bits per heavy atom. The molecule has 5 nitrogen and oxygen atoms in total. The second-order valence-electron chi connectivity index (χ2n) is 3.95. The lowest BCUT2D eigenvalue weighted by Crippen LogP contribution is -2.41. The first-order chi connectivity index (χ1) is 8.66. The van der Waals surface area contributed by atoms with Gasteiger partial charge in [0, 0.05) is 24.7 Å². The summed E-state index contributed by atoms with van der Waals surface area (Å²) in [6.45, 7) is 2.48. The molecule has 0 spiro atoms. The summed E-state index contributed by atoms with van der Waals surface area (Å²) in [6, 6.07) is 3.62. The number of thiocarbonyl (C=S) groups is 1. The number of aromatic nitrogens is 1. The minimum absolute atomic E-state index is 0.246. The van der Waals surface area contributed by atoms with E-state index in [-0.39, 0.29) is 18.5 Å². The SMILES string of the molecule is CC1=NC(=S)NCC1C(=O)OCc1ccncc1. The normalized spacial score (nSPS) is 18.8. The van der Waals surface area contributed by atoms with E-state index in [1.807, 2.05) is 12.1 Å². The number of carbonyl (C=O) groups excluding carboxylic acids is 1. The Hall–Kier alpha value is -1.82. The molecular formula is C12H13N3O2S. The quantitative estimate of drug-likeness (QED) is 0.653. The van der Waals surface area contributed by atoms with Crippen LogP contribution in [-0.2, 0) is 16.1 Å². The maximum atomic E-state index is 11.9. The number of nitrogens with zero attached hydrogens (tertiary/aromatic N) is 2. The van der Waals surface area contributed by atoms with Crippen LogP contribution in [-0.4, -0.2) is 28.3 Å². The number of ether oxygens (including phenoxy) is 1. The summed E-state index contributed by atoms with van der Waals surface area (Å²) in [5, 5.41) is 3.30. The average Bonchev–Trinajstić information content (AvgIpc) is 2.37. The molecule has 1 aromatic heterocycles. The summed E-state index contributed by atoms with van der Waals surface area (Å²) in [5.41, 5.74) is 1.60. The Morgan fingerprint density at radius 2 is 2.28 bits per heavy atom. The van der Waals surface area contributed by atoms with E-state index in [4.69, 9.17) is 17.0 Å². The third-order valence-electron chi connectivity index (χ3n) is 2.65. The molecule has 1 N–H and O–H groups in total. The van der Waals surface area contributed by atoms with Crippen LogP contribution in [0, 0.1) is 5.92 Å². The van der Waals surface area contributed by atoms with Gasteiger partial charge in [-0.25, -0.2) is 4.99 Å². The molecule has 1 unspecified atom stereocenters. The molecule has 2 heterocycles. The van der Waals surface area contributed by atoms with E-state index in [0.717, 1.165) is 5.56 Å². The smallest absolute Gasteiger partial charge is 0.316 e. The zero-order chi connectivity index (χ0) is 13.0. The minimum atomic E-state index is -0.362. The zero-order valence-corrected chi connectivity index (χ0v) is 10.7. The fourth-order valence-corrected chi connectivity index (χ4v) is 1.83. The van der Waals surface area contributed by atoms with Crippen molar-refractivity contribution in [1.29, 1.82) is 0 Å². The van der Waals surface area contributed by atoms with Gasteiger partial charge in [-0.2, -0.15) is 0 Å². The van der Waals surface area contributed by atoms with Crippen LogP contribution in [0.25, 0.3) is 0 Å². The molecule has 0 bridgehead atoms. The fraction of sp³-hybridized carbons (Fsp3) is 0.333. The van der Waals surface area contributed by atoms with Gasteiger partial charge in [0.15, 0.2) is 5.11 Å². The molecule has 94 valence electrons. The Bertz CT molecular complexity index is 487. The molecule has 6 heteroatoms. The van der Waals surface area contributed by atoms with Crippen LogP contribution >= 0.6 is 12.2 Å². The molecule has 0 aliphatic carbocycles. The number of aliphatic imine (C=N–C) groups is 1. The third-order valence-corrected chi connectivity index (χ3v) is 2.89. The Balaban J connectivity index is 1.93. The molecule has 2 rings (SSSR count). The Labute approximate surface area is 110 Å². The Kier molecular flexibility index (Phi) is 3.99. The lowest BCUT2D eigenvalue weighted by molar-refractivity contribution is -0.147. The number of pyridine rings is 1. The first kappa shape index (κ1) is 12.6. The molecule has 1 aliphatic heterocycles. The number of nitrogens with one attached hydrogen (secondary N) is 1. The Morgan fingerprint density at radius 3 is 2.94 bits per heavy atom. The first-order valence-corrected chi connectivity index (χ1v) is 5.96. The van der Waals surface area contributed by atoms with Crippen molar-refractivity contribution in [3.8, 4) is 0 Å². The highest BCUT2D eigenvalue weighted by atomic mass is 32.1. The van der Waals surface area contributed by atoms with Crippen LogP contribution in [0.5, 0.6) is 0 Å². The molecule has 1 aromatic rings. The van der Waals surface area contributed by atoms with Crippen LogP contribution in [0.4, 0.5) is 0 Å². The van der Waals surface area contributed by atoms with E-state index in [2.05, 4.69) is 15.3 Å². The number of hydrogen-bond donors (Lipinski definition) is 1. The van der Waals surface area contributed by atoms with Crippen molar-refractivity contribution in [2.75, 3.05) is 6.54 Å². The van der Waals surface area contributed by atoms with E-state index < -0.39 is 0 Å². The van der Waals surface area contributed by atoms with Crippen molar-refractivity contribution in [2.24, 2.45) is 10.9 Å². The van der Waals surface area contributed by atoms with Gasteiger partial charge in [0.25, 0.3) is 0 Å². The van der Waals surface area contributed by atoms with Gasteiger partial charge in [0.1, 0.15) is 12.5 Å². The average molecular weight is 263 g/mol. The van der Waals surface area contributed by atoms with E-state index in [9.17, 15) is 4.79 Å². The molecule has 0 radical (unpaired) electrons. The standard InChI is InChI=1S/C12H13N3O2S/c1-8-10(6-14-12(18)15-8)11(16)17-7-9-2-4-13-5-3-9/h2-5,10H,6-7H2,1H3,(H,14,18). The minimum Gasteiger partial charge on any atom is -0.460 e. The summed E-state index contributed by atoms with van der Waals surface area (Å²) in [4.78, 5) is 19.9. The summed E-state index contributed by atoms with van der Waals surface area (Å²) in [5.74, 6) is -0.651. The lowest BCUT2D eigenvalue weighted by Gasteiger charge is -2.20. The molecule has 0 fully saturated rings. The second-order valence-corrected chi connectivity index (χ2v) is 4.34.